The molecule has 1 amide bonds. The van der Waals surface area contributed by atoms with Crippen LogP contribution in [0.4, 0.5) is 0 Å². The smallest absolute Gasteiger partial charge is 0.223 e. The third-order valence-electron chi connectivity index (χ3n) is 4.36. The minimum Gasteiger partial charge on any atom is -0.370 e. The number of aliphatic imine (C=N–C) groups is 1. The van der Waals surface area contributed by atoms with Crippen molar-refractivity contribution in [3.8, 4) is 0 Å². The lowest BCUT2D eigenvalue weighted by atomic mass is 10.1. The fourth-order valence-corrected chi connectivity index (χ4v) is 3.95. The Kier molecular flexibility index (Phi) is 7.67. The van der Waals surface area contributed by atoms with E-state index in [0.717, 1.165) is 31.1 Å². The number of hydrogen-bond donors (Lipinski definition) is 1. The number of amides is 1. The van der Waals surface area contributed by atoms with E-state index in [-0.39, 0.29) is 35.8 Å². The number of carbonyl (C=O) groups is 1. The normalized spacial score (nSPS) is 21.8. The molecule has 24 heavy (non-hydrogen) atoms. The van der Waals surface area contributed by atoms with Crippen LogP contribution in [0.25, 0.3) is 0 Å². The van der Waals surface area contributed by atoms with Crippen LogP contribution in [0.3, 0.4) is 0 Å². The Morgan fingerprint density at radius 3 is 2.67 bits per heavy atom. The molecule has 2 aliphatic heterocycles. The maximum absolute atomic E-state index is 12.2. The number of guanidine groups is 1. The Hall–Kier alpha value is -0.960. The van der Waals surface area contributed by atoms with Gasteiger partial charge in [-0.1, -0.05) is 30.3 Å². The summed E-state index contributed by atoms with van der Waals surface area (Å²) in [5, 5.41) is 0. The van der Waals surface area contributed by atoms with Crippen molar-refractivity contribution >= 4 is 47.6 Å². The molecule has 2 saturated heterocycles. The lowest BCUT2D eigenvalue weighted by Gasteiger charge is -2.27. The third kappa shape index (κ3) is 5.27. The van der Waals surface area contributed by atoms with Crippen molar-refractivity contribution in [1.82, 2.24) is 9.80 Å². The standard InChI is InChI=1S/C17H24N4OS.HI/c18-17(20-6-8-23-9-7-20)19-11-15-10-16(22)21(13-15)12-14-4-2-1-3-5-14;/h1-5,15H,6-13H2,(H2,18,19);1H. The highest BCUT2D eigenvalue weighted by atomic mass is 127. The number of benzene rings is 1. The van der Waals surface area contributed by atoms with Gasteiger partial charge in [-0.15, -0.1) is 24.0 Å². The lowest BCUT2D eigenvalue weighted by molar-refractivity contribution is -0.128. The summed E-state index contributed by atoms with van der Waals surface area (Å²) in [4.78, 5) is 20.8. The van der Waals surface area contributed by atoms with E-state index < -0.39 is 0 Å². The van der Waals surface area contributed by atoms with Crippen molar-refractivity contribution in [1.29, 1.82) is 0 Å². The van der Waals surface area contributed by atoms with Crippen molar-refractivity contribution in [2.45, 2.75) is 13.0 Å². The maximum atomic E-state index is 12.2. The molecule has 0 aromatic heterocycles. The predicted molar refractivity (Wildman–Crippen MR) is 111 cm³/mol. The van der Waals surface area contributed by atoms with Gasteiger partial charge in [-0.3, -0.25) is 9.79 Å². The summed E-state index contributed by atoms with van der Waals surface area (Å²) < 4.78 is 0. The largest absolute Gasteiger partial charge is 0.370 e. The number of nitrogens with two attached hydrogens (primary N) is 1. The Balaban J connectivity index is 0.00000208. The van der Waals surface area contributed by atoms with Gasteiger partial charge in [0.25, 0.3) is 0 Å². The van der Waals surface area contributed by atoms with Gasteiger partial charge in [0, 0.05) is 56.6 Å². The number of nitrogens with zero attached hydrogens (tertiary/aromatic N) is 3. The minimum absolute atomic E-state index is 0. The molecule has 132 valence electrons. The van der Waals surface area contributed by atoms with Gasteiger partial charge in [0.05, 0.1) is 0 Å². The molecular formula is C17H25IN4OS. The second-order valence-corrected chi connectivity index (χ2v) is 7.35. The van der Waals surface area contributed by atoms with E-state index >= 15 is 0 Å². The molecule has 1 aromatic rings. The zero-order valence-electron chi connectivity index (χ0n) is 13.8. The first-order valence-electron chi connectivity index (χ1n) is 8.16. The van der Waals surface area contributed by atoms with Crippen LogP contribution in [-0.4, -0.2) is 59.4 Å². The monoisotopic (exact) mass is 460 g/mol. The van der Waals surface area contributed by atoms with Crippen LogP contribution in [0, 0.1) is 5.92 Å². The van der Waals surface area contributed by atoms with Gasteiger partial charge in [-0.05, 0) is 5.56 Å². The van der Waals surface area contributed by atoms with E-state index in [1.807, 2.05) is 34.9 Å². The lowest BCUT2D eigenvalue weighted by Crippen LogP contribution is -2.43. The van der Waals surface area contributed by atoms with Crippen LogP contribution >= 0.6 is 35.7 Å². The van der Waals surface area contributed by atoms with Gasteiger partial charge < -0.3 is 15.5 Å². The number of halogens is 1. The first kappa shape index (κ1) is 19.4. The van der Waals surface area contributed by atoms with E-state index in [1.165, 1.54) is 5.56 Å². The Morgan fingerprint density at radius 1 is 1.25 bits per heavy atom. The summed E-state index contributed by atoms with van der Waals surface area (Å²) in [5.74, 6) is 3.37. The Morgan fingerprint density at radius 2 is 1.96 bits per heavy atom. The van der Waals surface area contributed by atoms with Gasteiger partial charge in [0.1, 0.15) is 0 Å². The van der Waals surface area contributed by atoms with Crippen LogP contribution in [0.1, 0.15) is 12.0 Å². The summed E-state index contributed by atoms with van der Waals surface area (Å²) in [6.45, 7) is 4.07. The summed E-state index contributed by atoms with van der Waals surface area (Å²) >= 11 is 1.96. The Labute approximate surface area is 165 Å². The van der Waals surface area contributed by atoms with Gasteiger partial charge in [-0.25, -0.2) is 0 Å². The molecule has 0 saturated carbocycles. The number of rotatable bonds is 4. The first-order chi connectivity index (χ1) is 11.2. The average Bonchev–Trinajstić information content (AvgIpc) is 2.94. The highest BCUT2D eigenvalue weighted by Crippen LogP contribution is 2.20. The molecular weight excluding hydrogens is 435 g/mol. The molecule has 2 heterocycles. The van der Waals surface area contributed by atoms with Crippen molar-refractivity contribution < 1.29 is 4.79 Å². The Bertz CT molecular complexity index is 563. The predicted octanol–water partition coefficient (Wildman–Crippen LogP) is 2.02. The molecule has 0 radical (unpaired) electrons. The summed E-state index contributed by atoms with van der Waals surface area (Å²) in [6, 6.07) is 10.1. The summed E-state index contributed by atoms with van der Waals surface area (Å²) in [6.07, 6.45) is 0.583. The second kappa shape index (κ2) is 9.50. The van der Waals surface area contributed by atoms with Crippen LogP contribution < -0.4 is 5.73 Å². The van der Waals surface area contributed by atoms with Gasteiger partial charge in [0.15, 0.2) is 5.96 Å². The van der Waals surface area contributed by atoms with E-state index in [2.05, 4.69) is 22.0 Å². The molecule has 1 unspecified atom stereocenters. The molecule has 7 heteroatoms. The quantitative estimate of drug-likeness (QED) is 0.425. The SMILES string of the molecule is I.NC(=NCC1CC(=O)N(Cc2ccccc2)C1)N1CCSCC1. The topological polar surface area (TPSA) is 61.9 Å². The van der Waals surface area contributed by atoms with Gasteiger partial charge in [0.2, 0.25) is 5.91 Å². The van der Waals surface area contributed by atoms with Crippen LogP contribution in [-0.2, 0) is 11.3 Å². The maximum Gasteiger partial charge on any atom is 0.223 e. The van der Waals surface area contributed by atoms with Crippen molar-refractivity contribution in [3.63, 3.8) is 0 Å². The number of thioether (sulfide) groups is 1. The molecule has 2 aliphatic rings. The zero-order valence-corrected chi connectivity index (χ0v) is 16.9. The third-order valence-corrected chi connectivity index (χ3v) is 5.30. The van der Waals surface area contributed by atoms with Gasteiger partial charge in [-0.2, -0.15) is 11.8 Å². The van der Waals surface area contributed by atoms with Crippen molar-refractivity contribution in [3.05, 3.63) is 35.9 Å². The molecule has 0 bridgehead atoms. The van der Waals surface area contributed by atoms with Gasteiger partial charge >= 0.3 is 0 Å². The zero-order chi connectivity index (χ0) is 16.1. The number of hydrogen-bond acceptors (Lipinski definition) is 3. The highest BCUT2D eigenvalue weighted by molar-refractivity contribution is 14.0. The fraction of sp³-hybridized carbons (Fsp3) is 0.529. The molecule has 3 rings (SSSR count). The summed E-state index contributed by atoms with van der Waals surface area (Å²) in [7, 11) is 0. The fourth-order valence-electron chi connectivity index (χ4n) is 3.05. The minimum atomic E-state index is 0. The molecule has 0 spiro atoms. The van der Waals surface area contributed by atoms with E-state index in [0.29, 0.717) is 25.5 Å². The molecule has 5 nitrogen and oxygen atoms in total. The first-order valence-corrected chi connectivity index (χ1v) is 9.32. The van der Waals surface area contributed by atoms with Crippen LogP contribution in [0.15, 0.2) is 35.3 Å². The van der Waals surface area contributed by atoms with Crippen molar-refractivity contribution in [2.75, 3.05) is 37.7 Å². The average molecular weight is 460 g/mol. The molecule has 0 aliphatic carbocycles. The molecule has 2 fully saturated rings. The highest BCUT2D eigenvalue weighted by Gasteiger charge is 2.29. The molecule has 1 aromatic carbocycles. The second-order valence-electron chi connectivity index (χ2n) is 6.13. The van der Waals surface area contributed by atoms with E-state index in [4.69, 9.17) is 5.73 Å². The summed E-state index contributed by atoms with van der Waals surface area (Å²) in [5.41, 5.74) is 7.26. The van der Waals surface area contributed by atoms with E-state index in [1.54, 1.807) is 0 Å². The number of carbonyl (C=O) groups excluding carboxylic acids is 1. The van der Waals surface area contributed by atoms with Crippen molar-refractivity contribution in [2.24, 2.45) is 16.6 Å². The van der Waals surface area contributed by atoms with E-state index in [9.17, 15) is 4.79 Å². The number of likely N-dealkylation sites (tertiary alicyclic amines) is 1. The van der Waals surface area contributed by atoms with Crippen LogP contribution in [0.5, 0.6) is 0 Å². The molecule has 2 N–H and O–H groups in total. The van der Waals surface area contributed by atoms with Crippen LogP contribution in [0.2, 0.25) is 0 Å². The molecule has 1 atom stereocenters.